The summed E-state index contributed by atoms with van der Waals surface area (Å²) < 4.78 is 13.9. The highest BCUT2D eigenvalue weighted by Crippen LogP contribution is 2.25. The Morgan fingerprint density at radius 1 is 1.33 bits per heavy atom. The highest BCUT2D eigenvalue weighted by molar-refractivity contribution is 5.93. The highest BCUT2D eigenvalue weighted by Gasteiger charge is 2.27. The molecule has 1 N–H and O–H groups in total. The van der Waals surface area contributed by atoms with Crippen LogP contribution in [-0.2, 0) is 11.3 Å². The Labute approximate surface area is 157 Å². The number of nitro groups is 1. The number of carbonyl (C=O) groups is 1. The van der Waals surface area contributed by atoms with Gasteiger partial charge < -0.3 is 5.32 Å². The van der Waals surface area contributed by atoms with E-state index < -0.39 is 4.92 Å². The molecule has 3 rings (SSSR count). The number of likely N-dealkylation sites (tertiary alicyclic amines) is 1. The number of carbonyl (C=O) groups excluding carboxylic acids is 1. The predicted molar refractivity (Wildman–Crippen MR) is 101 cm³/mol. The van der Waals surface area contributed by atoms with Crippen molar-refractivity contribution in [2.45, 2.75) is 26.3 Å². The molecule has 2 aromatic carbocycles. The molecule has 142 valence electrons. The largest absolute Gasteiger partial charge is 0.325 e. The third-order valence-corrected chi connectivity index (χ3v) is 4.92. The maximum Gasteiger partial charge on any atom is 0.271 e. The summed E-state index contributed by atoms with van der Waals surface area (Å²) in [5.41, 5.74) is 1.79. The van der Waals surface area contributed by atoms with Gasteiger partial charge in [-0.25, -0.2) is 4.39 Å². The van der Waals surface area contributed by atoms with E-state index in [0.29, 0.717) is 24.3 Å². The van der Waals surface area contributed by atoms with Crippen molar-refractivity contribution in [1.29, 1.82) is 0 Å². The van der Waals surface area contributed by atoms with Crippen LogP contribution in [0.4, 0.5) is 15.8 Å². The summed E-state index contributed by atoms with van der Waals surface area (Å²) in [5, 5.41) is 13.8. The average Bonchev–Trinajstić information content (AvgIpc) is 2.65. The van der Waals surface area contributed by atoms with Crippen molar-refractivity contribution in [2.75, 3.05) is 18.4 Å². The third-order valence-electron chi connectivity index (χ3n) is 4.92. The van der Waals surface area contributed by atoms with Crippen LogP contribution in [-0.4, -0.2) is 28.8 Å². The predicted octanol–water partition coefficient (Wildman–Crippen LogP) is 3.89. The molecule has 27 heavy (non-hydrogen) atoms. The van der Waals surface area contributed by atoms with Crippen LogP contribution in [0.2, 0.25) is 0 Å². The zero-order valence-electron chi connectivity index (χ0n) is 15.2. The fraction of sp³-hybridized carbons (Fsp3) is 0.350. The summed E-state index contributed by atoms with van der Waals surface area (Å²) >= 11 is 0. The zero-order chi connectivity index (χ0) is 19.4. The third kappa shape index (κ3) is 4.68. The van der Waals surface area contributed by atoms with Gasteiger partial charge in [0.05, 0.1) is 16.5 Å². The number of piperidine rings is 1. The molecule has 0 bridgehead atoms. The second-order valence-corrected chi connectivity index (χ2v) is 6.91. The summed E-state index contributed by atoms with van der Waals surface area (Å²) in [4.78, 5) is 25.2. The lowest BCUT2D eigenvalue weighted by Gasteiger charge is -2.32. The molecule has 1 aliphatic heterocycles. The minimum atomic E-state index is -0.480. The van der Waals surface area contributed by atoms with Gasteiger partial charge in [0.15, 0.2) is 0 Å². The first-order valence-corrected chi connectivity index (χ1v) is 8.95. The number of aryl methyl sites for hydroxylation is 1. The van der Waals surface area contributed by atoms with E-state index in [1.165, 1.54) is 18.2 Å². The first kappa shape index (κ1) is 19.0. The summed E-state index contributed by atoms with van der Waals surface area (Å²) in [6, 6.07) is 11.1. The molecule has 0 saturated carbocycles. The lowest BCUT2D eigenvalue weighted by atomic mass is 9.96. The molecule has 1 heterocycles. The van der Waals surface area contributed by atoms with Crippen molar-refractivity contribution in [2.24, 2.45) is 5.92 Å². The molecule has 7 heteroatoms. The van der Waals surface area contributed by atoms with Gasteiger partial charge in [0.2, 0.25) is 5.91 Å². The number of rotatable bonds is 5. The first-order chi connectivity index (χ1) is 12.9. The Hall–Kier alpha value is -2.80. The Balaban J connectivity index is 1.66. The monoisotopic (exact) mass is 371 g/mol. The minimum Gasteiger partial charge on any atom is -0.325 e. The van der Waals surface area contributed by atoms with Crippen LogP contribution in [0.25, 0.3) is 0 Å². The lowest BCUT2D eigenvalue weighted by molar-refractivity contribution is -0.384. The van der Waals surface area contributed by atoms with E-state index in [2.05, 4.69) is 10.2 Å². The number of non-ortho nitro benzene ring substituents is 1. The molecule has 6 nitrogen and oxygen atoms in total. The minimum absolute atomic E-state index is 0.0549. The standard InChI is InChI=1S/C20H22FN3O3/c1-14-8-9-17(24(26)27)11-19(14)22-20(25)16-6-4-10-23(13-16)12-15-5-2-3-7-18(15)21/h2-3,5,7-9,11,16H,4,6,10,12-13H2,1H3,(H,22,25). The van der Waals surface area contributed by atoms with Crippen LogP contribution >= 0.6 is 0 Å². The Morgan fingerprint density at radius 3 is 2.85 bits per heavy atom. The molecule has 1 unspecified atom stereocenters. The van der Waals surface area contributed by atoms with E-state index in [1.807, 2.05) is 0 Å². The number of amides is 1. The SMILES string of the molecule is Cc1ccc([N+](=O)[O-])cc1NC(=O)C1CCCN(Cc2ccccc2F)C1. The van der Waals surface area contributed by atoms with Gasteiger partial charge >= 0.3 is 0 Å². The van der Waals surface area contributed by atoms with Crippen LogP contribution in [0.15, 0.2) is 42.5 Å². The van der Waals surface area contributed by atoms with Crippen molar-refractivity contribution in [3.8, 4) is 0 Å². The van der Waals surface area contributed by atoms with Gasteiger partial charge in [0.1, 0.15) is 5.82 Å². The van der Waals surface area contributed by atoms with Gasteiger partial charge in [0.25, 0.3) is 5.69 Å². The van der Waals surface area contributed by atoms with Gasteiger partial charge in [-0.05, 0) is 37.9 Å². The Bertz CT molecular complexity index is 856. The number of hydrogen-bond acceptors (Lipinski definition) is 4. The zero-order valence-corrected chi connectivity index (χ0v) is 15.2. The number of nitrogens with zero attached hydrogens (tertiary/aromatic N) is 2. The average molecular weight is 371 g/mol. The Kier molecular flexibility index (Phi) is 5.81. The van der Waals surface area contributed by atoms with Gasteiger partial charge in [-0.1, -0.05) is 24.3 Å². The highest BCUT2D eigenvalue weighted by atomic mass is 19.1. The summed E-state index contributed by atoms with van der Waals surface area (Å²) in [6.07, 6.45) is 1.59. The smallest absolute Gasteiger partial charge is 0.271 e. The Morgan fingerprint density at radius 2 is 2.11 bits per heavy atom. The van der Waals surface area contributed by atoms with Gasteiger partial charge in [-0.2, -0.15) is 0 Å². The number of hydrogen-bond donors (Lipinski definition) is 1. The molecule has 2 aromatic rings. The second-order valence-electron chi connectivity index (χ2n) is 6.91. The van der Waals surface area contributed by atoms with E-state index >= 15 is 0 Å². The van der Waals surface area contributed by atoms with Gasteiger partial charge in [0, 0.05) is 30.8 Å². The quantitative estimate of drug-likeness (QED) is 0.639. The van der Waals surface area contributed by atoms with Crippen LogP contribution in [0.5, 0.6) is 0 Å². The molecule has 0 aromatic heterocycles. The van der Waals surface area contributed by atoms with E-state index in [4.69, 9.17) is 0 Å². The maximum absolute atomic E-state index is 13.9. The van der Waals surface area contributed by atoms with Gasteiger partial charge in [-0.15, -0.1) is 0 Å². The summed E-state index contributed by atoms with van der Waals surface area (Å²) in [5.74, 6) is -0.627. The number of nitrogens with one attached hydrogen (secondary N) is 1. The number of halogens is 1. The molecule has 0 radical (unpaired) electrons. The first-order valence-electron chi connectivity index (χ1n) is 8.95. The second kappa shape index (κ2) is 8.26. The van der Waals surface area contributed by atoms with Crippen LogP contribution in [0, 0.1) is 28.8 Å². The number of nitro benzene ring substituents is 1. The van der Waals surface area contributed by atoms with E-state index in [0.717, 1.165) is 24.9 Å². The van der Waals surface area contributed by atoms with Crippen molar-refractivity contribution in [1.82, 2.24) is 4.90 Å². The molecular weight excluding hydrogens is 349 g/mol. The van der Waals surface area contributed by atoms with Crippen molar-refractivity contribution in [3.05, 3.63) is 69.5 Å². The van der Waals surface area contributed by atoms with Crippen LogP contribution < -0.4 is 5.32 Å². The normalized spacial score (nSPS) is 17.5. The van der Waals surface area contributed by atoms with Gasteiger partial charge in [-0.3, -0.25) is 19.8 Å². The topological polar surface area (TPSA) is 75.5 Å². The molecule has 0 spiro atoms. The fourth-order valence-electron chi connectivity index (χ4n) is 3.37. The van der Waals surface area contributed by atoms with E-state index in [9.17, 15) is 19.3 Å². The maximum atomic E-state index is 13.9. The number of anilines is 1. The molecule has 1 atom stereocenters. The van der Waals surface area contributed by atoms with Crippen molar-refractivity contribution < 1.29 is 14.1 Å². The molecule has 1 amide bonds. The lowest BCUT2D eigenvalue weighted by Crippen LogP contribution is -2.40. The van der Waals surface area contributed by atoms with E-state index in [-0.39, 0.29) is 23.3 Å². The van der Waals surface area contributed by atoms with Crippen LogP contribution in [0.1, 0.15) is 24.0 Å². The van der Waals surface area contributed by atoms with E-state index in [1.54, 1.807) is 31.2 Å². The van der Waals surface area contributed by atoms with Crippen molar-refractivity contribution >= 4 is 17.3 Å². The molecule has 1 aliphatic rings. The van der Waals surface area contributed by atoms with Crippen LogP contribution in [0.3, 0.4) is 0 Å². The molecule has 1 saturated heterocycles. The summed E-state index contributed by atoms with van der Waals surface area (Å²) in [7, 11) is 0. The molecule has 0 aliphatic carbocycles. The van der Waals surface area contributed by atoms with Crippen molar-refractivity contribution in [3.63, 3.8) is 0 Å². The molecular formula is C20H22FN3O3. The molecule has 1 fully saturated rings. The number of benzene rings is 2. The summed E-state index contributed by atoms with van der Waals surface area (Å²) in [6.45, 7) is 3.61. The fourth-order valence-corrected chi connectivity index (χ4v) is 3.37.